The lowest BCUT2D eigenvalue weighted by Gasteiger charge is -2.04. The second-order valence-corrected chi connectivity index (χ2v) is 5.19. The molecule has 1 N–H and O–H groups in total. The third kappa shape index (κ3) is 2.74. The Kier molecular flexibility index (Phi) is 3.97. The zero-order valence-corrected chi connectivity index (χ0v) is 11.1. The van der Waals surface area contributed by atoms with Gasteiger partial charge in [-0.05, 0) is 25.8 Å². The summed E-state index contributed by atoms with van der Waals surface area (Å²) in [6, 6.07) is 0.391. The Morgan fingerprint density at radius 3 is 2.69 bits per heavy atom. The largest absolute Gasteiger partial charge is 0.339 e. The summed E-state index contributed by atoms with van der Waals surface area (Å²) < 4.78 is 5.28. The second-order valence-electron chi connectivity index (χ2n) is 5.19. The van der Waals surface area contributed by atoms with Gasteiger partial charge in [-0.15, -0.1) is 12.4 Å². The quantitative estimate of drug-likeness (QED) is 0.883. The van der Waals surface area contributed by atoms with Crippen LogP contribution in [0.1, 0.15) is 44.8 Å². The first-order valence-electron chi connectivity index (χ1n) is 5.52. The topological polar surface area (TPSA) is 51.0 Å². The molecule has 1 aliphatic rings. The second kappa shape index (κ2) is 4.72. The molecule has 4 nitrogen and oxygen atoms in total. The number of nitrogens with zero attached hydrogens (tertiary/aromatic N) is 2. The third-order valence-electron chi connectivity index (χ3n) is 3.28. The minimum Gasteiger partial charge on any atom is -0.339 e. The molecule has 1 fully saturated rings. The molecule has 0 bridgehead atoms. The van der Waals surface area contributed by atoms with Crippen molar-refractivity contribution in [2.75, 3.05) is 7.05 Å². The SMILES string of the molecule is CNC(C)Cc1noc([C@H]2CC2(C)C)n1.Cl. The number of hydrogen-bond donors (Lipinski definition) is 1. The van der Waals surface area contributed by atoms with Gasteiger partial charge >= 0.3 is 0 Å². The highest BCUT2D eigenvalue weighted by Gasteiger charge is 2.50. The maximum Gasteiger partial charge on any atom is 0.230 e. The van der Waals surface area contributed by atoms with E-state index in [1.165, 1.54) is 0 Å². The van der Waals surface area contributed by atoms with Gasteiger partial charge < -0.3 is 9.84 Å². The van der Waals surface area contributed by atoms with Crippen LogP contribution in [-0.2, 0) is 6.42 Å². The van der Waals surface area contributed by atoms with Crippen molar-refractivity contribution in [1.82, 2.24) is 15.5 Å². The Morgan fingerprint density at radius 2 is 2.19 bits per heavy atom. The molecule has 0 aliphatic heterocycles. The molecule has 16 heavy (non-hydrogen) atoms. The minimum atomic E-state index is 0. The Labute approximate surface area is 103 Å². The molecule has 1 saturated carbocycles. The van der Waals surface area contributed by atoms with Gasteiger partial charge in [0.2, 0.25) is 5.89 Å². The van der Waals surface area contributed by atoms with Gasteiger partial charge in [0.05, 0.1) is 0 Å². The summed E-state index contributed by atoms with van der Waals surface area (Å²) in [5.41, 5.74) is 0.360. The summed E-state index contributed by atoms with van der Waals surface area (Å²) in [5.74, 6) is 2.11. The van der Waals surface area contributed by atoms with Gasteiger partial charge in [0.25, 0.3) is 0 Å². The fraction of sp³-hybridized carbons (Fsp3) is 0.818. The standard InChI is InChI=1S/C11H19N3O.ClH/c1-7(12-4)5-9-13-10(15-14-9)8-6-11(8,2)3;/h7-8,12H,5-6H2,1-4H3;1H/t7?,8-;/m1./s1. The molecule has 1 heterocycles. The maximum atomic E-state index is 5.28. The fourth-order valence-electron chi connectivity index (χ4n) is 1.76. The van der Waals surface area contributed by atoms with E-state index < -0.39 is 0 Å². The van der Waals surface area contributed by atoms with E-state index in [4.69, 9.17) is 4.52 Å². The molecule has 0 amide bonds. The van der Waals surface area contributed by atoms with Gasteiger partial charge in [-0.3, -0.25) is 0 Å². The predicted molar refractivity (Wildman–Crippen MR) is 64.9 cm³/mol. The van der Waals surface area contributed by atoms with Crippen molar-refractivity contribution in [1.29, 1.82) is 0 Å². The number of aromatic nitrogens is 2. The van der Waals surface area contributed by atoms with Crippen molar-refractivity contribution >= 4 is 12.4 Å². The van der Waals surface area contributed by atoms with Crippen LogP contribution in [0.15, 0.2) is 4.52 Å². The van der Waals surface area contributed by atoms with E-state index in [1.807, 2.05) is 7.05 Å². The number of rotatable bonds is 4. The van der Waals surface area contributed by atoms with Crippen molar-refractivity contribution < 1.29 is 4.52 Å². The predicted octanol–water partition coefficient (Wildman–Crippen LogP) is 2.16. The van der Waals surface area contributed by atoms with Crippen LogP contribution in [0.4, 0.5) is 0 Å². The van der Waals surface area contributed by atoms with Gasteiger partial charge in [-0.2, -0.15) is 4.98 Å². The lowest BCUT2D eigenvalue weighted by atomic mass is 10.1. The van der Waals surface area contributed by atoms with Crippen LogP contribution < -0.4 is 5.32 Å². The van der Waals surface area contributed by atoms with Gasteiger partial charge in [0.1, 0.15) is 0 Å². The molecule has 2 rings (SSSR count). The van der Waals surface area contributed by atoms with Crippen molar-refractivity contribution in [3.8, 4) is 0 Å². The highest BCUT2D eigenvalue weighted by molar-refractivity contribution is 5.85. The Bertz CT molecular complexity index is 351. The molecule has 0 radical (unpaired) electrons. The number of likely N-dealkylation sites (N-methyl/N-ethyl adjacent to an activating group) is 1. The average molecular weight is 246 g/mol. The van der Waals surface area contributed by atoms with Gasteiger partial charge in [-0.1, -0.05) is 19.0 Å². The zero-order valence-electron chi connectivity index (χ0n) is 10.3. The molecule has 1 aromatic heterocycles. The van der Waals surface area contributed by atoms with E-state index in [-0.39, 0.29) is 12.4 Å². The lowest BCUT2D eigenvalue weighted by Crippen LogP contribution is -2.24. The molecule has 2 atom stereocenters. The van der Waals surface area contributed by atoms with Crippen LogP contribution in [0.2, 0.25) is 0 Å². The number of hydrogen-bond acceptors (Lipinski definition) is 4. The van der Waals surface area contributed by atoms with E-state index in [0.29, 0.717) is 17.4 Å². The number of nitrogens with one attached hydrogen (secondary N) is 1. The van der Waals surface area contributed by atoms with Gasteiger partial charge in [-0.25, -0.2) is 0 Å². The van der Waals surface area contributed by atoms with E-state index in [2.05, 4.69) is 36.2 Å². The summed E-state index contributed by atoms with van der Waals surface area (Å²) in [4.78, 5) is 4.44. The molecular formula is C11H20ClN3O. The van der Waals surface area contributed by atoms with Gasteiger partial charge in [0.15, 0.2) is 5.82 Å². The van der Waals surface area contributed by atoms with Crippen LogP contribution in [0.5, 0.6) is 0 Å². The van der Waals surface area contributed by atoms with Crippen LogP contribution in [-0.4, -0.2) is 23.2 Å². The molecule has 0 aromatic carbocycles. The normalized spacial score (nSPS) is 23.6. The highest BCUT2D eigenvalue weighted by atomic mass is 35.5. The van der Waals surface area contributed by atoms with Crippen molar-refractivity contribution in [2.45, 2.75) is 45.6 Å². The van der Waals surface area contributed by atoms with E-state index >= 15 is 0 Å². The first-order valence-corrected chi connectivity index (χ1v) is 5.52. The first-order chi connectivity index (χ1) is 7.03. The summed E-state index contributed by atoms with van der Waals surface area (Å²) in [7, 11) is 1.94. The van der Waals surface area contributed by atoms with Crippen molar-refractivity contribution in [3.63, 3.8) is 0 Å². The summed E-state index contributed by atoms with van der Waals surface area (Å²) in [5, 5.41) is 7.17. The molecule has 1 aromatic rings. The average Bonchev–Trinajstić information content (AvgIpc) is 2.63. The van der Waals surface area contributed by atoms with Crippen LogP contribution >= 0.6 is 12.4 Å². The van der Waals surface area contributed by atoms with Crippen LogP contribution in [0.3, 0.4) is 0 Å². The molecule has 92 valence electrons. The Morgan fingerprint density at radius 1 is 1.56 bits per heavy atom. The summed E-state index contributed by atoms with van der Waals surface area (Å²) >= 11 is 0. The molecule has 0 spiro atoms. The van der Waals surface area contributed by atoms with Crippen molar-refractivity contribution in [3.05, 3.63) is 11.7 Å². The molecule has 5 heteroatoms. The highest BCUT2D eigenvalue weighted by Crippen LogP contribution is 2.57. The molecule has 1 aliphatic carbocycles. The Balaban J connectivity index is 0.00000128. The summed E-state index contributed by atoms with van der Waals surface area (Å²) in [6.07, 6.45) is 1.99. The zero-order chi connectivity index (χ0) is 11.1. The van der Waals surface area contributed by atoms with Gasteiger partial charge in [0, 0.05) is 18.4 Å². The molecule has 0 saturated heterocycles. The minimum absolute atomic E-state index is 0. The fourth-order valence-corrected chi connectivity index (χ4v) is 1.76. The number of halogens is 1. The molecular weight excluding hydrogens is 226 g/mol. The third-order valence-corrected chi connectivity index (χ3v) is 3.28. The van der Waals surface area contributed by atoms with Crippen molar-refractivity contribution in [2.24, 2.45) is 5.41 Å². The molecule has 1 unspecified atom stereocenters. The maximum absolute atomic E-state index is 5.28. The smallest absolute Gasteiger partial charge is 0.230 e. The van der Waals surface area contributed by atoms with E-state index in [0.717, 1.165) is 24.6 Å². The summed E-state index contributed by atoms with van der Waals surface area (Å²) in [6.45, 7) is 6.58. The van der Waals surface area contributed by atoms with E-state index in [1.54, 1.807) is 0 Å². The van der Waals surface area contributed by atoms with Crippen LogP contribution in [0, 0.1) is 5.41 Å². The monoisotopic (exact) mass is 245 g/mol. The lowest BCUT2D eigenvalue weighted by molar-refractivity contribution is 0.361. The van der Waals surface area contributed by atoms with E-state index in [9.17, 15) is 0 Å². The van der Waals surface area contributed by atoms with Crippen LogP contribution in [0.25, 0.3) is 0 Å². The first kappa shape index (κ1) is 13.5. The Hall–Kier alpha value is -0.610.